The summed E-state index contributed by atoms with van der Waals surface area (Å²) in [7, 11) is -5.88. The second-order valence-electron chi connectivity index (χ2n) is 5.53. The minimum absolute atomic E-state index is 0.262. The van der Waals surface area contributed by atoms with Crippen LogP contribution >= 0.6 is 0 Å². The van der Waals surface area contributed by atoms with Gasteiger partial charge in [0.05, 0.1) is 17.8 Å². The summed E-state index contributed by atoms with van der Waals surface area (Å²) >= 11 is 0. The molecule has 0 saturated carbocycles. The van der Waals surface area contributed by atoms with Crippen molar-refractivity contribution in [1.29, 1.82) is 0 Å². The number of rotatable bonds is 3. The predicted molar refractivity (Wildman–Crippen MR) is 74.3 cm³/mol. The van der Waals surface area contributed by atoms with E-state index < -0.39 is 19.9 Å². The molecule has 6 nitrogen and oxygen atoms in total. The fourth-order valence-corrected chi connectivity index (χ4v) is 5.11. The molecule has 0 aliphatic carbocycles. The second kappa shape index (κ2) is 5.67. The molecule has 0 spiro atoms. The molecule has 0 aromatic heterocycles. The van der Waals surface area contributed by atoms with Gasteiger partial charge in [-0.3, -0.25) is 0 Å². The van der Waals surface area contributed by atoms with Gasteiger partial charge in [0.25, 0.3) is 0 Å². The first-order valence-electron chi connectivity index (χ1n) is 6.68. The molecule has 2 heterocycles. The number of sulfone groups is 1. The Kier molecular flexibility index (Phi) is 4.54. The third kappa shape index (κ3) is 4.40. The average Bonchev–Trinajstić information content (AvgIpc) is 2.31. The molecule has 0 radical (unpaired) electrons. The highest BCUT2D eigenvalue weighted by atomic mass is 32.2. The van der Waals surface area contributed by atoms with E-state index in [0.717, 1.165) is 12.8 Å². The normalized spacial score (nSPS) is 27.4. The van der Waals surface area contributed by atoms with Crippen molar-refractivity contribution in [1.82, 2.24) is 9.62 Å². The van der Waals surface area contributed by atoms with E-state index in [1.165, 1.54) is 10.6 Å². The maximum Gasteiger partial charge on any atom is 0.211 e. The molecule has 8 heteroatoms. The van der Waals surface area contributed by atoms with Crippen molar-refractivity contribution in [2.75, 3.05) is 30.9 Å². The van der Waals surface area contributed by atoms with Crippen LogP contribution in [0.25, 0.3) is 0 Å². The van der Waals surface area contributed by atoms with Crippen molar-refractivity contribution in [2.24, 2.45) is 0 Å². The van der Waals surface area contributed by atoms with Crippen molar-refractivity contribution in [3.63, 3.8) is 0 Å². The molecule has 2 aliphatic heterocycles. The van der Waals surface area contributed by atoms with E-state index in [1.54, 1.807) is 0 Å². The van der Waals surface area contributed by atoms with Gasteiger partial charge in [-0.15, -0.1) is 0 Å². The van der Waals surface area contributed by atoms with Crippen LogP contribution in [0.3, 0.4) is 0 Å². The number of hydrogen-bond acceptors (Lipinski definition) is 5. The Labute approximate surface area is 115 Å². The lowest BCUT2D eigenvalue weighted by Crippen LogP contribution is -2.49. The summed E-state index contributed by atoms with van der Waals surface area (Å²) in [5, 5.41) is 3.48. The predicted octanol–water partition coefficient (Wildman–Crippen LogP) is -0.423. The number of sulfonamides is 1. The topological polar surface area (TPSA) is 83.6 Å². The van der Waals surface area contributed by atoms with Gasteiger partial charge in [0.2, 0.25) is 10.0 Å². The first kappa shape index (κ1) is 15.2. The highest BCUT2D eigenvalue weighted by Gasteiger charge is 2.29. The number of piperidine rings is 1. The first-order valence-corrected chi connectivity index (χ1v) is 10.3. The number of hydrogen-bond donors (Lipinski definition) is 1. The highest BCUT2D eigenvalue weighted by molar-refractivity contribution is 7.91. The van der Waals surface area contributed by atoms with E-state index in [2.05, 4.69) is 5.32 Å². The van der Waals surface area contributed by atoms with Gasteiger partial charge in [0.1, 0.15) is 9.84 Å². The Balaban J connectivity index is 1.78. The standard InChI is InChI=1S/C11H22N2O4S2/c1-18(14,15)13-6-2-10(3-7-13)12-11-4-8-19(16,17)9-5-11/h10-12H,2-9H2,1H3. The molecular formula is C11H22N2O4S2. The quantitative estimate of drug-likeness (QED) is 0.765. The van der Waals surface area contributed by atoms with Crippen molar-refractivity contribution in [2.45, 2.75) is 37.8 Å². The van der Waals surface area contributed by atoms with Gasteiger partial charge in [-0.1, -0.05) is 0 Å². The molecule has 0 aromatic rings. The molecule has 1 N–H and O–H groups in total. The van der Waals surface area contributed by atoms with E-state index in [1.807, 2.05) is 0 Å². The molecule has 0 unspecified atom stereocenters. The van der Waals surface area contributed by atoms with Gasteiger partial charge in [-0.2, -0.15) is 0 Å². The van der Waals surface area contributed by atoms with Crippen LogP contribution in [0.2, 0.25) is 0 Å². The van der Waals surface area contributed by atoms with E-state index in [9.17, 15) is 16.8 Å². The van der Waals surface area contributed by atoms with Crippen LogP contribution in [0.5, 0.6) is 0 Å². The van der Waals surface area contributed by atoms with Gasteiger partial charge < -0.3 is 5.32 Å². The maximum atomic E-state index is 11.4. The lowest BCUT2D eigenvalue weighted by molar-refractivity contribution is 0.268. The minimum Gasteiger partial charge on any atom is -0.311 e. The highest BCUT2D eigenvalue weighted by Crippen LogP contribution is 2.17. The van der Waals surface area contributed by atoms with Crippen molar-refractivity contribution < 1.29 is 16.8 Å². The molecular weight excluding hydrogens is 288 g/mol. The summed E-state index contributed by atoms with van der Waals surface area (Å²) in [6, 6.07) is 0.571. The monoisotopic (exact) mass is 310 g/mol. The number of nitrogens with zero attached hydrogens (tertiary/aromatic N) is 1. The summed E-state index contributed by atoms with van der Waals surface area (Å²) < 4.78 is 47.0. The van der Waals surface area contributed by atoms with Gasteiger partial charge >= 0.3 is 0 Å². The molecule has 19 heavy (non-hydrogen) atoms. The molecule has 0 bridgehead atoms. The molecule has 2 rings (SSSR count). The average molecular weight is 310 g/mol. The van der Waals surface area contributed by atoms with Crippen LogP contribution < -0.4 is 5.32 Å². The largest absolute Gasteiger partial charge is 0.311 e. The molecule has 0 atom stereocenters. The van der Waals surface area contributed by atoms with Gasteiger partial charge in [0.15, 0.2) is 0 Å². The minimum atomic E-state index is -3.07. The Morgan fingerprint density at radius 1 is 1.00 bits per heavy atom. The van der Waals surface area contributed by atoms with Crippen molar-refractivity contribution >= 4 is 19.9 Å². The SMILES string of the molecule is CS(=O)(=O)N1CCC(NC2CCS(=O)(=O)CC2)CC1. The third-order valence-corrected chi connectivity index (χ3v) is 6.97. The van der Waals surface area contributed by atoms with Crippen LogP contribution in [-0.2, 0) is 19.9 Å². The van der Waals surface area contributed by atoms with E-state index in [-0.39, 0.29) is 17.5 Å². The van der Waals surface area contributed by atoms with Crippen molar-refractivity contribution in [3.8, 4) is 0 Å². The molecule has 2 fully saturated rings. The van der Waals surface area contributed by atoms with Gasteiger partial charge in [-0.05, 0) is 25.7 Å². The second-order valence-corrected chi connectivity index (χ2v) is 9.82. The van der Waals surface area contributed by atoms with Crippen LogP contribution in [0.15, 0.2) is 0 Å². The zero-order valence-corrected chi connectivity index (χ0v) is 12.8. The van der Waals surface area contributed by atoms with E-state index in [4.69, 9.17) is 0 Å². The zero-order chi connectivity index (χ0) is 14.1. The summed E-state index contributed by atoms with van der Waals surface area (Å²) in [6.07, 6.45) is 4.20. The third-order valence-electron chi connectivity index (χ3n) is 3.95. The van der Waals surface area contributed by atoms with Crippen LogP contribution in [-0.4, -0.2) is 64.1 Å². The maximum absolute atomic E-state index is 11.4. The van der Waals surface area contributed by atoms with Crippen LogP contribution in [0, 0.1) is 0 Å². The van der Waals surface area contributed by atoms with Crippen LogP contribution in [0.4, 0.5) is 0 Å². The molecule has 2 saturated heterocycles. The molecule has 112 valence electrons. The van der Waals surface area contributed by atoms with Crippen molar-refractivity contribution in [3.05, 3.63) is 0 Å². The summed E-state index contributed by atoms with van der Waals surface area (Å²) in [5.41, 5.74) is 0. The van der Waals surface area contributed by atoms with E-state index in [0.29, 0.717) is 32.0 Å². The summed E-state index contributed by atoms with van der Waals surface area (Å²) in [4.78, 5) is 0. The number of nitrogens with one attached hydrogen (secondary N) is 1. The fourth-order valence-electron chi connectivity index (χ4n) is 2.74. The lowest BCUT2D eigenvalue weighted by Gasteiger charge is -2.34. The Bertz CT molecular complexity index is 493. The molecule has 0 amide bonds. The summed E-state index contributed by atoms with van der Waals surface area (Å²) in [6.45, 7) is 1.11. The Hall–Kier alpha value is -0.180. The summed E-state index contributed by atoms with van der Waals surface area (Å²) in [5.74, 6) is 0.541. The Morgan fingerprint density at radius 3 is 1.95 bits per heavy atom. The van der Waals surface area contributed by atoms with Gasteiger partial charge in [0, 0.05) is 25.2 Å². The lowest BCUT2D eigenvalue weighted by atomic mass is 10.0. The zero-order valence-electron chi connectivity index (χ0n) is 11.2. The molecule has 2 aliphatic rings. The molecule has 0 aromatic carbocycles. The Morgan fingerprint density at radius 2 is 1.47 bits per heavy atom. The van der Waals surface area contributed by atoms with Gasteiger partial charge in [-0.25, -0.2) is 21.1 Å². The smallest absolute Gasteiger partial charge is 0.211 e. The van der Waals surface area contributed by atoms with Crippen LogP contribution in [0.1, 0.15) is 25.7 Å². The fraction of sp³-hybridized carbons (Fsp3) is 1.00. The first-order chi connectivity index (χ1) is 8.76. The van der Waals surface area contributed by atoms with E-state index >= 15 is 0 Å².